The molecule has 1 aliphatic heterocycles. The van der Waals surface area contributed by atoms with E-state index in [1.165, 1.54) is 0 Å². The molecule has 0 radical (unpaired) electrons. The lowest BCUT2D eigenvalue weighted by Gasteiger charge is -2.25. The Balaban J connectivity index is 1.59. The van der Waals surface area contributed by atoms with Crippen molar-refractivity contribution >= 4 is 34.1 Å². The number of carboxylic acid groups (broad SMARTS) is 1. The number of carbonyl (C=O) groups is 1. The molecule has 0 amide bonds. The van der Waals surface area contributed by atoms with E-state index in [0.717, 1.165) is 28.6 Å². The standard InChI is InChI=1S/C20H25BrN4O3/c1-20(19(27)28,10-14-5-4-6-15(21)9-14)7-2-3-8-25-13-24-18-17(25)16(26)11-22-12-23-18/h4-6,9,12-13,16,26H,2-3,7-8,10-11H2,1H3,(H,22,23)(H,27,28). The smallest absolute Gasteiger partial charge is 0.309 e. The first-order valence-corrected chi connectivity index (χ1v) is 10.1. The maximum atomic E-state index is 11.9. The van der Waals surface area contributed by atoms with Gasteiger partial charge in [-0.25, -0.2) is 4.98 Å². The van der Waals surface area contributed by atoms with Gasteiger partial charge >= 0.3 is 5.97 Å². The van der Waals surface area contributed by atoms with Crippen molar-refractivity contribution in [2.75, 3.05) is 11.9 Å². The van der Waals surface area contributed by atoms with Gasteiger partial charge < -0.3 is 20.1 Å². The number of aryl methyl sites for hydroxylation is 1. The maximum absolute atomic E-state index is 11.9. The SMILES string of the molecule is CC(CCCCn1cnc2c1C(O)CN=CN2)(Cc1cccc(Br)c1)C(=O)O. The molecule has 0 saturated carbocycles. The molecule has 28 heavy (non-hydrogen) atoms. The van der Waals surface area contributed by atoms with Crippen LogP contribution in [0.4, 0.5) is 5.82 Å². The Morgan fingerprint density at radius 3 is 3.00 bits per heavy atom. The Labute approximate surface area is 172 Å². The lowest BCUT2D eigenvalue weighted by atomic mass is 9.79. The van der Waals surface area contributed by atoms with Crippen LogP contribution in [0.25, 0.3) is 0 Å². The molecule has 1 aromatic heterocycles. The Hall–Kier alpha value is -2.19. The molecular weight excluding hydrogens is 424 g/mol. The van der Waals surface area contributed by atoms with Gasteiger partial charge in [-0.2, -0.15) is 0 Å². The van der Waals surface area contributed by atoms with Crippen LogP contribution in [0.2, 0.25) is 0 Å². The van der Waals surface area contributed by atoms with Gasteiger partial charge in [0.2, 0.25) is 0 Å². The summed E-state index contributed by atoms with van der Waals surface area (Å²) in [4.78, 5) is 20.3. The number of aliphatic imine (C=N–C) groups is 1. The van der Waals surface area contributed by atoms with Crippen molar-refractivity contribution in [3.8, 4) is 0 Å². The summed E-state index contributed by atoms with van der Waals surface area (Å²) in [5.74, 6) is -0.153. The molecule has 3 rings (SSSR count). The summed E-state index contributed by atoms with van der Waals surface area (Å²) < 4.78 is 2.88. The van der Waals surface area contributed by atoms with E-state index >= 15 is 0 Å². The molecule has 8 heteroatoms. The van der Waals surface area contributed by atoms with Crippen LogP contribution in [0.5, 0.6) is 0 Å². The number of unbranched alkanes of at least 4 members (excludes halogenated alkanes) is 1. The molecule has 1 aliphatic rings. The first-order chi connectivity index (χ1) is 13.4. The molecule has 1 aromatic carbocycles. The van der Waals surface area contributed by atoms with Gasteiger partial charge in [0.1, 0.15) is 6.10 Å². The van der Waals surface area contributed by atoms with Crippen molar-refractivity contribution in [2.24, 2.45) is 10.4 Å². The van der Waals surface area contributed by atoms with Crippen molar-refractivity contribution < 1.29 is 15.0 Å². The zero-order valence-corrected chi connectivity index (χ0v) is 17.4. The van der Waals surface area contributed by atoms with E-state index in [1.54, 1.807) is 12.7 Å². The topological polar surface area (TPSA) is 99.7 Å². The Bertz CT molecular complexity index is 867. The van der Waals surface area contributed by atoms with Crippen molar-refractivity contribution in [3.05, 3.63) is 46.3 Å². The fraction of sp³-hybridized carbons (Fsp3) is 0.450. The number of nitrogens with one attached hydrogen (secondary N) is 1. The van der Waals surface area contributed by atoms with E-state index in [4.69, 9.17) is 0 Å². The monoisotopic (exact) mass is 448 g/mol. The van der Waals surface area contributed by atoms with Gasteiger partial charge in [-0.05, 0) is 43.9 Å². The summed E-state index contributed by atoms with van der Waals surface area (Å²) >= 11 is 3.44. The van der Waals surface area contributed by atoms with Crippen LogP contribution < -0.4 is 5.32 Å². The van der Waals surface area contributed by atoms with Crippen LogP contribution >= 0.6 is 15.9 Å². The van der Waals surface area contributed by atoms with E-state index < -0.39 is 17.5 Å². The molecule has 0 spiro atoms. The summed E-state index contributed by atoms with van der Waals surface area (Å²) in [6, 6.07) is 7.79. The molecule has 0 bridgehead atoms. The lowest BCUT2D eigenvalue weighted by Crippen LogP contribution is -2.30. The van der Waals surface area contributed by atoms with Crippen LogP contribution in [-0.2, 0) is 17.8 Å². The van der Waals surface area contributed by atoms with E-state index in [1.807, 2.05) is 35.8 Å². The number of fused-ring (bicyclic) bond motifs is 1. The average molecular weight is 449 g/mol. The third kappa shape index (κ3) is 4.80. The Morgan fingerprint density at radius 2 is 2.25 bits per heavy atom. The highest BCUT2D eigenvalue weighted by atomic mass is 79.9. The number of aliphatic hydroxyl groups excluding tert-OH is 1. The molecule has 3 N–H and O–H groups in total. The van der Waals surface area contributed by atoms with Crippen LogP contribution in [-0.4, -0.2) is 38.6 Å². The molecule has 0 fully saturated rings. The first-order valence-electron chi connectivity index (χ1n) is 9.35. The predicted molar refractivity (Wildman–Crippen MR) is 112 cm³/mol. The van der Waals surface area contributed by atoms with Crippen molar-refractivity contribution in [1.29, 1.82) is 0 Å². The van der Waals surface area contributed by atoms with E-state index in [9.17, 15) is 15.0 Å². The maximum Gasteiger partial charge on any atom is 0.309 e. The number of aromatic nitrogens is 2. The molecular formula is C20H25BrN4O3. The number of hydrogen-bond donors (Lipinski definition) is 3. The second-order valence-corrected chi connectivity index (χ2v) is 8.37. The van der Waals surface area contributed by atoms with Crippen molar-refractivity contribution in [1.82, 2.24) is 9.55 Å². The summed E-state index contributed by atoms with van der Waals surface area (Å²) in [5, 5.41) is 23.0. The van der Waals surface area contributed by atoms with Gasteiger partial charge in [-0.1, -0.05) is 34.5 Å². The second kappa shape index (κ2) is 8.87. The number of hydrogen-bond acceptors (Lipinski definition) is 5. The summed E-state index contributed by atoms with van der Waals surface area (Å²) in [7, 11) is 0. The minimum atomic E-state index is -0.818. The normalized spacial score (nSPS) is 18.0. The Kier molecular flexibility index (Phi) is 6.51. The molecule has 2 heterocycles. The number of carboxylic acids is 1. The van der Waals surface area contributed by atoms with Crippen molar-refractivity contribution in [3.63, 3.8) is 0 Å². The number of aliphatic carboxylic acids is 1. The van der Waals surface area contributed by atoms with Gasteiger partial charge in [0, 0.05) is 11.0 Å². The minimum Gasteiger partial charge on any atom is -0.481 e. The van der Waals surface area contributed by atoms with Crippen molar-refractivity contribution in [2.45, 2.75) is 45.3 Å². The lowest BCUT2D eigenvalue weighted by molar-refractivity contribution is -0.148. The third-order valence-corrected chi connectivity index (χ3v) is 5.64. The number of aliphatic hydroxyl groups is 1. The van der Waals surface area contributed by atoms with Crippen LogP contribution in [0.15, 0.2) is 40.1 Å². The van der Waals surface area contributed by atoms with Gasteiger partial charge in [0.25, 0.3) is 0 Å². The summed E-state index contributed by atoms with van der Waals surface area (Å²) in [6.07, 6.45) is 5.20. The number of nitrogens with zero attached hydrogens (tertiary/aromatic N) is 3. The van der Waals surface area contributed by atoms with Gasteiger partial charge in [-0.15, -0.1) is 0 Å². The molecule has 2 atom stereocenters. The molecule has 2 aromatic rings. The summed E-state index contributed by atoms with van der Waals surface area (Å²) in [5.41, 5.74) is 0.919. The van der Waals surface area contributed by atoms with E-state index in [0.29, 0.717) is 31.7 Å². The fourth-order valence-electron chi connectivity index (χ4n) is 3.54. The quantitative estimate of drug-likeness (QED) is 0.535. The number of rotatable bonds is 8. The van der Waals surface area contributed by atoms with Gasteiger partial charge in [0.15, 0.2) is 5.82 Å². The minimum absolute atomic E-state index is 0.301. The number of benzene rings is 1. The van der Waals surface area contributed by atoms with Gasteiger partial charge in [0.05, 0.1) is 30.3 Å². The predicted octanol–water partition coefficient (Wildman–Crippen LogP) is 3.64. The van der Waals surface area contributed by atoms with Crippen LogP contribution in [0.1, 0.15) is 43.5 Å². The largest absolute Gasteiger partial charge is 0.481 e. The van der Waals surface area contributed by atoms with E-state index in [2.05, 4.69) is 31.2 Å². The number of halogens is 1. The molecule has 150 valence electrons. The fourth-order valence-corrected chi connectivity index (χ4v) is 3.99. The second-order valence-electron chi connectivity index (χ2n) is 7.46. The average Bonchev–Trinajstić information content (AvgIpc) is 2.95. The highest BCUT2D eigenvalue weighted by Crippen LogP contribution is 2.31. The van der Waals surface area contributed by atoms with E-state index in [-0.39, 0.29) is 0 Å². The highest BCUT2D eigenvalue weighted by molar-refractivity contribution is 9.10. The number of anilines is 1. The zero-order chi connectivity index (χ0) is 20.1. The van der Waals surface area contributed by atoms with Crippen LogP contribution in [0, 0.1) is 5.41 Å². The van der Waals surface area contributed by atoms with Gasteiger partial charge in [-0.3, -0.25) is 9.79 Å². The molecule has 0 aliphatic carbocycles. The summed E-state index contributed by atoms with van der Waals surface area (Å²) in [6.45, 7) is 2.79. The number of imidazole rings is 1. The molecule has 7 nitrogen and oxygen atoms in total. The zero-order valence-electron chi connectivity index (χ0n) is 15.8. The van der Waals surface area contributed by atoms with Crippen LogP contribution in [0.3, 0.4) is 0 Å². The molecule has 2 unspecified atom stereocenters. The first kappa shape index (κ1) is 20.5. The highest BCUT2D eigenvalue weighted by Gasteiger charge is 2.32. The Morgan fingerprint density at radius 1 is 1.43 bits per heavy atom. The third-order valence-electron chi connectivity index (χ3n) is 5.14. The molecule has 0 saturated heterocycles.